The van der Waals surface area contributed by atoms with E-state index in [1.54, 1.807) is 0 Å². The highest BCUT2D eigenvalue weighted by molar-refractivity contribution is 6.29. The SMILES string of the molecule is CNc1cc(Cl)nc(C(F)(F)F)c1. The summed E-state index contributed by atoms with van der Waals surface area (Å²) in [7, 11) is 1.51. The molecule has 0 unspecified atom stereocenters. The Morgan fingerprint density at radius 2 is 2.00 bits per heavy atom. The van der Waals surface area contributed by atoms with Gasteiger partial charge in [0.05, 0.1) is 0 Å². The second kappa shape index (κ2) is 3.41. The van der Waals surface area contributed by atoms with Gasteiger partial charge < -0.3 is 5.32 Å². The lowest BCUT2D eigenvalue weighted by atomic mass is 10.3. The fraction of sp³-hybridized carbons (Fsp3) is 0.286. The highest BCUT2D eigenvalue weighted by Gasteiger charge is 2.33. The van der Waals surface area contributed by atoms with Gasteiger partial charge in [-0.2, -0.15) is 13.2 Å². The topological polar surface area (TPSA) is 24.9 Å². The van der Waals surface area contributed by atoms with Crippen molar-refractivity contribution in [3.63, 3.8) is 0 Å². The Labute approximate surface area is 77.7 Å². The number of hydrogen-bond acceptors (Lipinski definition) is 2. The molecule has 1 heterocycles. The molecule has 1 aromatic heterocycles. The van der Waals surface area contributed by atoms with Crippen LogP contribution in [0.4, 0.5) is 18.9 Å². The quantitative estimate of drug-likeness (QED) is 0.721. The van der Waals surface area contributed by atoms with E-state index in [0.717, 1.165) is 6.07 Å². The van der Waals surface area contributed by atoms with Crippen LogP contribution in [-0.4, -0.2) is 12.0 Å². The number of aromatic nitrogens is 1. The number of rotatable bonds is 1. The average Bonchev–Trinajstić information content (AvgIpc) is 2.01. The first-order valence-electron chi connectivity index (χ1n) is 3.36. The molecule has 0 spiro atoms. The summed E-state index contributed by atoms with van der Waals surface area (Å²) >= 11 is 5.38. The van der Waals surface area contributed by atoms with Gasteiger partial charge in [-0.25, -0.2) is 4.98 Å². The van der Waals surface area contributed by atoms with E-state index in [-0.39, 0.29) is 10.8 Å². The molecular formula is C7H6ClF3N2. The lowest BCUT2D eigenvalue weighted by Gasteiger charge is -2.07. The molecule has 0 bridgehead atoms. The van der Waals surface area contributed by atoms with Gasteiger partial charge in [-0.05, 0) is 12.1 Å². The molecule has 72 valence electrons. The second-order valence-corrected chi connectivity index (χ2v) is 2.70. The van der Waals surface area contributed by atoms with E-state index < -0.39 is 11.9 Å². The van der Waals surface area contributed by atoms with Gasteiger partial charge in [0.2, 0.25) is 0 Å². The first kappa shape index (κ1) is 10.1. The van der Waals surface area contributed by atoms with Gasteiger partial charge in [-0.15, -0.1) is 0 Å². The van der Waals surface area contributed by atoms with Gasteiger partial charge in [0.1, 0.15) is 10.8 Å². The van der Waals surface area contributed by atoms with Crippen LogP contribution in [0.3, 0.4) is 0 Å². The number of anilines is 1. The van der Waals surface area contributed by atoms with Crippen molar-refractivity contribution in [1.82, 2.24) is 4.98 Å². The molecule has 13 heavy (non-hydrogen) atoms. The molecule has 0 atom stereocenters. The molecule has 6 heteroatoms. The molecule has 0 amide bonds. The summed E-state index contributed by atoms with van der Waals surface area (Å²) in [4.78, 5) is 3.15. The molecule has 0 saturated heterocycles. The highest BCUT2D eigenvalue weighted by Crippen LogP contribution is 2.30. The first-order chi connectivity index (χ1) is 5.93. The zero-order valence-electron chi connectivity index (χ0n) is 6.61. The summed E-state index contributed by atoms with van der Waals surface area (Å²) in [6.45, 7) is 0. The Morgan fingerprint density at radius 3 is 2.46 bits per heavy atom. The summed E-state index contributed by atoms with van der Waals surface area (Å²) in [6.07, 6.45) is -4.46. The first-order valence-corrected chi connectivity index (χ1v) is 3.74. The summed E-state index contributed by atoms with van der Waals surface area (Å²) in [5, 5.41) is 2.37. The molecule has 1 rings (SSSR count). The van der Waals surface area contributed by atoms with Gasteiger partial charge in [0, 0.05) is 12.7 Å². The van der Waals surface area contributed by atoms with Crippen molar-refractivity contribution in [2.75, 3.05) is 12.4 Å². The predicted octanol–water partition coefficient (Wildman–Crippen LogP) is 2.80. The van der Waals surface area contributed by atoms with Crippen LogP contribution in [0.1, 0.15) is 5.69 Å². The zero-order chi connectivity index (χ0) is 10.1. The Bertz CT molecular complexity index is 311. The number of nitrogens with zero attached hydrogens (tertiary/aromatic N) is 1. The standard InChI is InChI=1S/C7H6ClF3N2/c1-12-4-2-5(7(9,10)11)13-6(8)3-4/h2-3H,1H3,(H,12,13). The van der Waals surface area contributed by atoms with Crippen LogP contribution in [0.25, 0.3) is 0 Å². The van der Waals surface area contributed by atoms with Crippen LogP contribution >= 0.6 is 11.6 Å². The highest BCUT2D eigenvalue weighted by atomic mass is 35.5. The predicted molar refractivity (Wildman–Crippen MR) is 43.8 cm³/mol. The fourth-order valence-electron chi connectivity index (χ4n) is 0.786. The molecule has 0 aliphatic rings. The number of nitrogens with one attached hydrogen (secondary N) is 1. The number of pyridine rings is 1. The van der Waals surface area contributed by atoms with Crippen LogP contribution < -0.4 is 5.32 Å². The number of halogens is 4. The molecule has 0 fully saturated rings. The second-order valence-electron chi connectivity index (χ2n) is 2.31. The van der Waals surface area contributed by atoms with E-state index in [1.807, 2.05) is 0 Å². The molecule has 0 radical (unpaired) electrons. The van der Waals surface area contributed by atoms with E-state index in [2.05, 4.69) is 10.3 Å². The Hall–Kier alpha value is -0.970. The van der Waals surface area contributed by atoms with Crippen molar-refractivity contribution in [3.8, 4) is 0 Å². The zero-order valence-corrected chi connectivity index (χ0v) is 7.37. The lowest BCUT2D eigenvalue weighted by Crippen LogP contribution is -2.08. The molecular weight excluding hydrogens is 205 g/mol. The van der Waals surface area contributed by atoms with Gasteiger partial charge in [0.15, 0.2) is 0 Å². The maximum Gasteiger partial charge on any atom is 0.433 e. The molecule has 1 N–H and O–H groups in total. The summed E-state index contributed by atoms with van der Waals surface area (Å²) in [6, 6.07) is 2.21. The van der Waals surface area contributed by atoms with Crippen LogP contribution in [-0.2, 0) is 6.18 Å². The molecule has 0 aliphatic carbocycles. The molecule has 0 saturated carbocycles. The van der Waals surface area contributed by atoms with Crippen LogP contribution in [0, 0.1) is 0 Å². The number of hydrogen-bond donors (Lipinski definition) is 1. The lowest BCUT2D eigenvalue weighted by molar-refractivity contribution is -0.141. The van der Waals surface area contributed by atoms with Crippen LogP contribution in [0.2, 0.25) is 5.15 Å². The monoisotopic (exact) mass is 210 g/mol. The summed E-state index contributed by atoms with van der Waals surface area (Å²) in [5.41, 5.74) is -0.711. The minimum atomic E-state index is -4.46. The van der Waals surface area contributed by atoms with Gasteiger partial charge in [-0.3, -0.25) is 0 Å². The normalized spacial score (nSPS) is 11.5. The van der Waals surface area contributed by atoms with E-state index in [4.69, 9.17) is 11.6 Å². The summed E-state index contributed by atoms with van der Waals surface area (Å²) < 4.78 is 36.4. The van der Waals surface area contributed by atoms with Crippen molar-refractivity contribution < 1.29 is 13.2 Å². The third-order valence-corrected chi connectivity index (χ3v) is 1.57. The molecule has 0 aromatic carbocycles. The molecule has 2 nitrogen and oxygen atoms in total. The van der Waals surface area contributed by atoms with Gasteiger partial charge in [-0.1, -0.05) is 11.6 Å². The smallest absolute Gasteiger partial charge is 0.388 e. The maximum absolute atomic E-state index is 12.1. The van der Waals surface area contributed by atoms with Gasteiger partial charge >= 0.3 is 6.18 Å². The molecule has 0 aliphatic heterocycles. The largest absolute Gasteiger partial charge is 0.433 e. The average molecular weight is 211 g/mol. The third-order valence-electron chi connectivity index (χ3n) is 1.37. The van der Waals surface area contributed by atoms with E-state index >= 15 is 0 Å². The number of alkyl halides is 3. The summed E-state index contributed by atoms with van der Waals surface area (Å²) in [5.74, 6) is 0. The van der Waals surface area contributed by atoms with Crippen molar-refractivity contribution in [2.45, 2.75) is 6.18 Å². The van der Waals surface area contributed by atoms with Gasteiger partial charge in [0.25, 0.3) is 0 Å². The van der Waals surface area contributed by atoms with Crippen molar-refractivity contribution in [3.05, 3.63) is 23.0 Å². The molecule has 1 aromatic rings. The Balaban J connectivity index is 3.16. The van der Waals surface area contributed by atoms with E-state index in [1.165, 1.54) is 13.1 Å². The Kier molecular flexibility index (Phi) is 2.66. The van der Waals surface area contributed by atoms with E-state index in [0.29, 0.717) is 0 Å². The van der Waals surface area contributed by atoms with Crippen LogP contribution in [0.5, 0.6) is 0 Å². The maximum atomic E-state index is 12.1. The van der Waals surface area contributed by atoms with Crippen LogP contribution in [0.15, 0.2) is 12.1 Å². The van der Waals surface area contributed by atoms with Crippen molar-refractivity contribution in [1.29, 1.82) is 0 Å². The van der Waals surface area contributed by atoms with Crippen molar-refractivity contribution >= 4 is 17.3 Å². The van der Waals surface area contributed by atoms with E-state index in [9.17, 15) is 13.2 Å². The minimum Gasteiger partial charge on any atom is -0.388 e. The third kappa shape index (κ3) is 2.48. The fourth-order valence-corrected chi connectivity index (χ4v) is 0.995. The Morgan fingerprint density at radius 1 is 1.38 bits per heavy atom. The van der Waals surface area contributed by atoms with Crippen molar-refractivity contribution in [2.24, 2.45) is 0 Å². The minimum absolute atomic E-state index is 0.181.